The van der Waals surface area contributed by atoms with Crippen molar-refractivity contribution in [2.45, 2.75) is 31.5 Å². The summed E-state index contributed by atoms with van der Waals surface area (Å²) in [6.45, 7) is 1.29. The fourth-order valence-corrected chi connectivity index (χ4v) is 1.85. The Labute approximate surface area is 103 Å². The third-order valence-corrected chi connectivity index (χ3v) is 2.54. The van der Waals surface area contributed by atoms with E-state index in [9.17, 15) is 14.7 Å². The van der Waals surface area contributed by atoms with Crippen LogP contribution in [0.1, 0.15) is 13.3 Å². The molecule has 0 aliphatic heterocycles. The molecule has 1 aliphatic carbocycles. The molecule has 1 amide bonds. The molecule has 1 rings (SSSR count). The summed E-state index contributed by atoms with van der Waals surface area (Å²) in [5.41, 5.74) is 10.5. The molecule has 1 aliphatic rings. The number of carbonyl (C=O) groups excluding carboxylic acids is 1. The Balaban J connectivity index is 3.02. The average Bonchev–Trinajstić information content (AvgIpc) is 2.21. The molecule has 100 valence electrons. The highest BCUT2D eigenvalue weighted by atomic mass is 16.4. The van der Waals surface area contributed by atoms with Crippen LogP contribution in [0.25, 0.3) is 0 Å². The van der Waals surface area contributed by atoms with Crippen LogP contribution in [-0.4, -0.2) is 46.2 Å². The van der Waals surface area contributed by atoms with Gasteiger partial charge in [-0.25, -0.2) is 9.79 Å². The largest absolute Gasteiger partial charge is 0.478 e. The molecule has 0 aromatic heterocycles. The maximum atomic E-state index is 11.0. The molecule has 7 N–H and O–H groups in total. The van der Waals surface area contributed by atoms with E-state index in [0.717, 1.165) is 0 Å². The van der Waals surface area contributed by atoms with Gasteiger partial charge in [0.15, 0.2) is 5.96 Å². The Morgan fingerprint density at radius 3 is 2.56 bits per heavy atom. The lowest BCUT2D eigenvalue weighted by Gasteiger charge is -2.31. The maximum Gasteiger partial charge on any atom is 0.331 e. The van der Waals surface area contributed by atoms with Crippen molar-refractivity contribution >= 4 is 17.8 Å². The molecule has 0 heterocycles. The Kier molecular flexibility index (Phi) is 4.27. The van der Waals surface area contributed by atoms with Crippen LogP contribution in [0.3, 0.4) is 0 Å². The number of aliphatic hydroxyl groups is 1. The van der Waals surface area contributed by atoms with Crippen LogP contribution in [0.4, 0.5) is 0 Å². The average molecular weight is 256 g/mol. The normalized spacial score (nSPS) is 27.0. The summed E-state index contributed by atoms with van der Waals surface area (Å²) in [7, 11) is 0. The van der Waals surface area contributed by atoms with Crippen molar-refractivity contribution in [1.82, 2.24) is 5.32 Å². The van der Waals surface area contributed by atoms with Crippen LogP contribution < -0.4 is 16.8 Å². The maximum absolute atomic E-state index is 11.0. The van der Waals surface area contributed by atoms with Gasteiger partial charge in [-0.1, -0.05) is 0 Å². The molecule has 0 aromatic carbocycles. The summed E-state index contributed by atoms with van der Waals surface area (Å²) in [6.07, 6.45) is 0.0681. The van der Waals surface area contributed by atoms with Gasteiger partial charge in [-0.3, -0.25) is 4.79 Å². The van der Waals surface area contributed by atoms with Crippen LogP contribution in [0, 0.1) is 0 Å². The lowest BCUT2D eigenvalue weighted by Crippen LogP contribution is -2.52. The third-order valence-electron chi connectivity index (χ3n) is 2.54. The number of nitrogens with one attached hydrogen (secondary N) is 1. The van der Waals surface area contributed by atoms with Gasteiger partial charge in [-0.2, -0.15) is 0 Å². The van der Waals surface area contributed by atoms with Gasteiger partial charge in [0.2, 0.25) is 5.91 Å². The molecular weight excluding hydrogens is 240 g/mol. The predicted octanol–water partition coefficient (Wildman–Crippen LogP) is -2.09. The molecular formula is C10H16N4O4. The van der Waals surface area contributed by atoms with Gasteiger partial charge in [0.05, 0.1) is 18.2 Å². The molecule has 0 aromatic rings. The Morgan fingerprint density at radius 2 is 2.11 bits per heavy atom. The number of guanidine groups is 1. The van der Waals surface area contributed by atoms with Crippen molar-refractivity contribution in [3.05, 3.63) is 11.6 Å². The molecule has 3 atom stereocenters. The molecule has 8 heteroatoms. The van der Waals surface area contributed by atoms with Crippen LogP contribution >= 0.6 is 0 Å². The van der Waals surface area contributed by atoms with E-state index < -0.39 is 24.2 Å². The fourth-order valence-electron chi connectivity index (χ4n) is 1.85. The van der Waals surface area contributed by atoms with Gasteiger partial charge in [-0.15, -0.1) is 0 Å². The van der Waals surface area contributed by atoms with Gasteiger partial charge in [0.1, 0.15) is 0 Å². The molecule has 18 heavy (non-hydrogen) atoms. The first-order valence-corrected chi connectivity index (χ1v) is 5.29. The number of nitrogens with zero attached hydrogens (tertiary/aromatic N) is 1. The van der Waals surface area contributed by atoms with Gasteiger partial charge in [-0.05, 0) is 6.08 Å². The zero-order valence-electron chi connectivity index (χ0n) is 9.83. The number of aliphatic imine (C=N–C) groups is 1. The molecule has 0 radical (unpaired) electrons. The number of nitrogens with two attached hydrogens (primary N) is 2. The van der Waals surface area contributed by atoms with Crippen LogP contribution in [0.5, 0.6) is 0 Å². The number of aliphatic carboxylic acids is 1. The molecule has 0 saturated heterocycles. The summed E-state index contributed by atoms with van der Waals surface area (Å²) in [5.74, 6) is -1.73. The van der Waals surface area contributed by atoms with Crippen molar-refractivity contribution < 1.29 is 19.8 Å². The first kappa shape index (κ1) is 14.0. The quantitative estimate of drug-likeness (QED) is 0.288. The second-order valence-electron chi connectivity index (χ2n) is 4.04. The van der Waals surface area contributed by atoms with Crippen LogP contribution in [0.15, 0.2) is 16.6 Å². The minimum atomic E-state index is -1.15. The molecule has 0 fully saturated rings. The van der Waals surface area contributed by atoms with E-state index in [4.69, 9.17) is 16.6 Å². The van der Waals surface area contributed by atoms with E-state index >= 15 is 0 Å². The Hall–Kier alpha value is -2.09. The van der Waals surface area contributed by atoms with Crippen LogP contribution in [-0.2, 0) is 9.59 Å². The number of amides is 1. The molecule has 0 saturated carbocycles. The molecule has 0 bridgehead atoms. The Morgan fingerprint density at radius 1 is 1.50 bits per heavy atom. The van der Waals surface area contributed by atoms with Gasteiger partial charge in [0.25, 0.3) is 0 Å². The van der Waals surface area contributed by atoms with E-state index in [2.05, 4.69) is 10.3 Å². The van der Waals surface area contributed by atoms with E-state index in [0.29, 0.717) is 0 Å². The monoisotopic (exact) mass is 256 g/mol. The predicted molar refractivity (Wildman–Crippen MR) is 63.5 cm³/mol. The summed E-state index contributed by atoms with van der Waals surface area (Å²) in [6, 6.07) is -1.45. The first-order valence-electron chi connectivity index (χ1n) is 5.29. The highest BCUT2D eigenvalue weighted by Gasteiger charge is 2.34. The van der Waals surface area contributed by atoms with Gasteiger partial charge >= 0.3 is 5.97 Å². The molecule has 0 spiro atoms. The first-order chi connectivity index (χ1) is 8.31. The zero-order valence-corrected chi connectivity index (χ0v) is 9.83. The van der Waals surface area contributed by atoms with Crippen LogP contribution in [0.2, 0.25) is 0 Å². The zero-order chi connectivity index (χ0) is 13.9. The third kappa shape index (κ3) is 3.45. The summed E-state index contributed by atoms with van der Waals surface area (Å²) in [5, 5.41) is 21.2. The minimum absolute atomic E-state index is 0.0131. The SMILES string of the molecule is CC(=O)N[C@H]1[C@H](O)C=C(C(=O)O)C[C@@H]1N=C(N)N. The van der Waals surface area contributed by atoms with E-state index in [1.165, 1.54) is 13.0 Å². The standard InChI is InChI=1S/C10H16N4O4/c1-4(15)13-8-6(14-10(11)12)2-5(9(17)18)3-7(8)16/h3,6-8,16H,2H2,1H3,(H,13,15)(H,17,18)(H4,11,12,14)/t6-,7+,8+/m0/s1. The van der Waals surface area contributed by atoms with Crippen molar-refractivity contribution in [3.8, 4) is 0 Å². The second kappa shape index (κ2) is 5.50. The van der Waals surface area contributed by atoms with Crippen molar-refractivity contribution in [1.29, 1.82) is 0 Å². The van der Waals surface area contributed by atoms with Crippen molar-refractivity contribution in [3.63, 3.8) is 0 Å². The lowest BCUT2D eigenvalue weighted by atomic mass is 9.88. The lowest BCUT2D eigenvalue weighted by molar-refractivity contribution is -0.133. The van der Waals surface area contributed by atoms with E-state index in [1.54, 1.807) is 0 Å². The van der Waals surface area contributed by atoms with E-state index in [1.807, 2.05) is 0 Å². The highest BCUT2D eigenvalue weighted by molar-refractivity contribution is 5.87. The van der Waals surface area contributed by atoms with Crippen molar-refractivity contribution in [2.75, 3.05) is 0 Å². The summed E-state index contributed by atoms with van der Waals surface area (Å²) >= 11 is 0. The molecule has 0 unspecified atom stereocenters. The minimum Gasteiger partial charge on any atom is -0.478 e. The number of carbonyl (C=O) groups is 2. The fraction of sp³-hybridized carbons (Fsp3) is 0.500. The number of aliphatic hydroxyl groups excluding tert-OH is 1. The van der Waals surface area contributed by atoms with Gasteiger partial charge in [0, 0.05) is 18.9 Å². The Bertz CT molecular complexity index is 414. The number of hydrogen-bond acceptors (Lipinski definition) is 4. The topological polar surface area (TPSA) is 151 Å². The van der Waals surface area contributed by atoms with Crippen molar-refractivity contribution in [2.24, 2.45) is 16.5 Å². The highest BCUT2D eigenvalue weighted by Crippen LogP contribution is 2.22. The summed E-state index contributed by atoms with van der Waals surface area (Å²) < 4.78 is 0. The number of carboxylic acids is 1. The van der Waals surface area contributed by atoms with Gasteiger partial charge < -0.3 is 27.0 Å². The van der Waals surface area contributed by atoms with E-state index in [-0.39, 0.29) is 23.9 Å². The number of hydrogen-bond donors (Lipinski definition) is 5. The number of carboxylic acid groups (broad SMARTS) is 1. The number of rotatable bonds is 3. The smallest absolute Gasteiger partial charge is 0.331 e. The molecule has 8 nitrogen and oxygen atoms in total. The summed E-state index contributed by atoms with van der Waals surface area (Å²) in [4.78, 5) is 25.8. The second-order valence-corrected chi connectivity index (χ2v) is 4.04.